The molecule has 0 saturated carbocycles. The number of rotatable bonds is 1. The van der Waals surface area contributed by atoms with Gasteiger partial charge in [-0.25, -0.2) is 4.39 Å². The third kappa shape index (κ3) is 1.72. The minimum atomic E-state index is -0.300. The molecule has 13 heavy (non-hydrogen) atoms. The molecule has 1 fully saturated rings. The number of carbonyl (C=O) groups excluding carboxylic acids is 1. The zero-order valence-corrected chi connectivity index (χ0v) is 7.33. The Morgan fingerprint density at radius 3 is 3.00 bits per heavy atom. The fraction of sp³-hybridized carbons (Fsp3) is 0.667. The molecule has 0 radical (unpaired) electrons. The second-order valence-electron chi connectivity index (χ2n) is 3.35. The Balaban J connectivity index is 1.93. The van der Waals surface area contributed by atoms with Crippen LogP contribution in [0, 0.1) is 0 Å². The Kier molecular flexibility index (Phi) is 2.31. The van der Waals surface area contributed by atoms with Gasteiger partial charge in [0.05, 0.1) is 13.2 Å². The van der Waals surface area contributed by atoms with E-state index in [0.717, 1.165) is 6.42 Å². The summed E-state index contributed by atoms with van der Waals surface area (Å²) in [7, 11) is 0. The van der Waals surface area contributed by atoms with Crippen LogP contribution in [0.2, 0.25) is 0 Å². The van der Waals surface area contributed by atoms with E-state index >= 15 is 0 Å². The van der Waals surface area contributed by atoms with Gasteiger partial charge in [0.15, 0.2) is 0 Å². The molecule has 2 rings (SSSR count). The van der Waals surface area contributed by atoms with E-state index in [-0.39, 0.29) is 24.4 Å². The summed E-state index contributed by atoms with van der Waals surface area (Å²) >= 11 is 0. The van der Waals surface area contributed by atoms with Crippen molar-refractivity contribution >= 4 is 5.91 Å². The summed E-state index contributed by atoms with van der Waals surface area (Å²) in [6.45, 7) is 1.40. The minimum Gasteiger partial charge on any atom is -0.368 e. The van der Waals surface area contributed by atoms with E-state index in [1.165, 1.54) is 11.0 Å². The Morgan fingerprint density at radius 1 is 1.69 bits per heavy atom. The molecule has 0 N–H and O–H groups in total. The fourth-order valence-corrected chi connectivity index (χ4v) is 1.53. The van der Waals surface area contributed by atoms with Gasteiger partial charge in [0.2, 0.25) is 0 Å². The number of nitrogens with zero attached hydrogens (tertiary/aromatic N) is 1. The average Bonchev–Trinajstić information content (AvgIpc) is 2.01. The van der Waals surface area contributed by atoms with Gasteiger partial charge < -0.3 is 9.64 Å². The number of hydrogen-bond donors (Lipinski definition) is 0. The molecular formula is C9H12FNO2. The highest BCUT2D eigenvalue weighted by molar-refractivity contribution is 5.81. The first-order chi connectivity index (χ1) is 6.27. The standard InChI is InChI=1S/C9H12FNO2/c10-7-2-1-4-11(6-7)9(12)8-3-5-13-8/h2,8H,1,3-6H2. The number of hydrogen-bond acceptors (Lipinski definition) is 2. The molecule has 1 atom stereocenters. The summed E-state index contributed by atoms with van der Waals surface area (Å²) in [6, 6.07) is 0. The summed E-state index contributed by atoms with van der Waals surface area (Å²) in [5.41, 5.74) is 0. The summed E-state index contributed by atoms with van der Waals surface area (Å²) in [4.78, 5) is 13.1. The van der Waals surface area contributed by atoms with Gasteiger partial charge in [-0.3, -0.25) is 4.79 Å². The Labute approximate surface area is 76.2 Å². The summed E-state index contributed by atoms with van der Waals surface area (Å²) < 4.78 is 17.9. The van der Waals surface area contributed by atoms with Crippen molar-refractivity contribution in [2.45, 2.75) is 18.9 Å². The summed E-state index contributed by atoms with van der Waals surface area (Å²) in [5, 5.41) is 0. The van der Waals surface area contributed by atoms with Crippen LogP contribution in [0.3, 0.4) is 0 Å². The summed E-state index contributed by atoms with van der Waals surface area (Å²) in [6.07, 6.45) is 2.63. The van der Waals surface area contributed by atoms with Crippen LogP contribution in [0.1, 0.15) is 12.8 Å². The molecule has 72 valence electrons. The molecule has 0 aromatic rings. The van der Waals surface area contributed by atoms with Gasteiger partial charge in [-0.1, -0.05) is 0 Å². The summed E-state index contributed by atoms with van der Waals surface area (Å²) in [5.74, 6) is -0.270. The Hall–Kier alpha value is -0.900. The van der Waals surface area contributed by atoms with Crippen molar-refractivity contribution < 1.29 is 13.9 Å². The zero-order valence-electron chi connectivity index (χ0n) is 7.33. The van der Waals surface area contributed by atoms with Crippen molar-refractivity contribution in [3.63, 3.8) is 0 Å². The minimum absolute atomic E-state index is 0.0606. The lowest BCUT2D eigenvalue weighted by Gasteiger charge is -2.32. The fourth-order valence-electron chi connectivity index (χ4n) is 1.53. The maximum absolute atomic E-state index is 12.8. The Morgan fingerprint density at radius 2 is 2.46 bits per heavy atom. The predicted molar refractivity (Wildman–Crippen MR) is 44.7 cm³/mol. The van der Waals surface area contributed by atoms with E-state index in [1.807, 2.05) is 0 Å². The molecule has 1 unspecified atom stereocenters. The van der Waals surface area contributed by atoms with Crippen LogP contribution in [0.15, 0.2) is 11.9 Å². The first-order valence-electron chi connectivity index (χ1n) is 4.52. The molecule has 0 bridgehead atoms. The quantitative estimate of drug-likeness (QED) is 0.606. The van der Waals surface area contributed by atoms with E-state index in [1.54, 1.807) is 0 Å². The topological polar surface area (TPSA) is 29.5 Å². The smallest absolute Gasteiger partial charge is 0.252 e. The molecule has 0 spiro atoms. The first-order valence-corrected chi connectivity index (χ1v) is 4.52. The lowest BCUT2D eigenvalue weighted by Crippen LogP contribution is -2.47. The van der Waals surface area contributed by atoms with E-state index in [9.17, 15) is 9.18 Å². The van der Waals surface area contributed by atoms with Crippen molar-refractivity contribution in [1.29, 1.82) is 0 Å². The molecule has 2 aliphatic heterocycles. The zero-order chi connectivity index (χ0) is 9.26. The highest BCUT2D eigenvalue weighted by atomic mass is 19.1. The third-order valence-corrected chi connectivity index (χ3v) is 2.39. The molecule has 3 nitrogen and oxygen atoms in total. The third-order valence-electron chi connectivity index (χ3n) is 2.39. The second kappa shape index (κ2) is 3.46. The molecule has 1 saturated heterocycles. The highest BCUT2D eigenvalue weighted by Crippen LogP contribution is 2.18. The monoisotopic (exact) mass is 185 g/mol. The first kappa shape index (κ1) is 8.69. The van der Waals surface area contributed by atoms with Gasteiger partial charge in [-0.05, 0) is 12.5 Å². The van der Waals surface area contributed by atoms with Crippen LogP contribution >= 0.6 is 0 Å². The molecule has 2 heterocycles. The molecule has 0 aliphatic carbocycles. The molecule has 0 aromatic carbocycles. The number of carbonyl (C=O) groups is 1. The lowest BCUT2D eigenvalue weighted by molar-refractivity contribution is -0.156. The molecular weight excluding hydrogens is 173 g/mol. The molecule has 2 aliphatic rings. The van der Waals surface area contributed by atoms with Gasteiger partial charge in [-0.15, -0.1) is 0 Å². The molecule has 4 heteroatoms. The maximum atomic E-state index is 12.8. The van der Waals surface area contributed by atoms with Gasteiger partial charge in [0.1, 0.15) is 11.9 Å². The van der Waals surface area contributed by atoms with Crippen molar-refractivity contribution in [1.82, 2.24) is 4.90 Å². The Bertz CT molecular complexity index is 248. The van der Waals surface area contributed by atoms with Crippen molar-refractivity contribution in [3.05, 3.63) is 11.9 Å². The lowest BCUT2D eigenvalue weighted by atomic mass is 10.1. The normalized spacial score (nSPS) is 27.9. The average molecular weight is 185 g/mol. The predicted octanol–water partition coefficient (Wildman–Crippen LogP) is 0.861. The number of ether oxygens (including phenoxy) is 1. The maximum Gasteiger partial charge on any atom is 0.252 e. The van der Waals surface area contributed by atoms with Crippen LogP contribution in [0.4, 0.5) is 4.39 Å². The van der Waals surface area contributed by atoms with Gasteiger partial charge in [-0.2, -0.15) is 0 Å². The van der Waals surface area contributed by atoms with Crippen molar-refractivity contribution in [2.24, 2.45) is 0 Å². The van der Waals surface area contributed by atoms with Gasteiger partial charge in [0.25, 0.3) is 5.91 Å². The molecule has 0 aromatic heterocycles. The largest absolute Gasteiger partial charge is 0.368 e. The van der Waals surface area contributed by atoms with Crippen LogP contribution in [0.25, 0.3) is 0 Å². The molecule has 1 amide bonds. The second-order valence-corrected chi connectivity index (χ2v) is 3.35. The van der Waals surface area contributed by atoms with Gasteiger partial charge in [0, 0.05) is 13.0 Å². The van der Waals surface area contributed by atoms with Crippen LogP contribution in [-0.2, 0) is 9.53 Å². The highest BCUT2D eigenvalue weighted by Gasteiger charge is 2.31. The van der Waals surface area contributed by atoms with E-state index in [2.05, 4.69) is 0 Å². The van der Waals surface area contributed by atoms with E-state index in [4.69, 9.17) is 4.74 Å². The van der Waals surface area contributed by atoms with E-state index < -0.39 is 0 Å². The SMILES string of the molecule is O=C(C1CCO1)N1CCC=C(F)C1. The van der Waals surface area contributed by atoms with Crippen molar-refractivity contribution in [3.8, 4) is 0 Å². The van der Waals surface area contributed by atoms with Crippen LogP contribution in [-0.4, -0.2) is 36.6 Å². The van der Waals surface area contributed by atoms with Gasteiger partial charge >= 0.3 is 0 Å². The van der Waals surface area contributed by atoms with Crippen LogP contribution < -0.4 is 0 Å². The van der Waals surface area contributed by atoms with Crippen LogP contribution in [0.5, 0.6) is 0 Å². The number of halogens is 1. The van der Waals surface area contributed by atoms with E-state index in [0.29, 0.717) is 19.6 Å². The number of amides is 1. The van der Waals surface area contributed by atoms with Crippen molar-refractivity contribution in [2.75, 3.05) is 19.7 Å².